The Hall–Kier alpha value is -1.77. The first kappa shape index (κ1) is 9.77. The number of nitrogens with one attached hydrogen (secondary N) is 1. The second-order valence-corrected chi connectivity index (χ2v) is 3.59. The Labute approximate surface area is 88.8 Å². The van der Waals surface area contributed by atoms with E-state index in [0.717, 1.165) is 17.8 Å². The van der Waals surface area contributed by atoms with E-state index in [2.05, 4.69) is 10.1 Å². The van der Waals surface area contributed by atoms with Gasteiger partial charge in [-0.1, -0.05) is 6.07 Å². The molecule has 0 spiro atoms. The van der Waals surface area contributed by atoms with Crippen molar-refractivity contribution in [2.45, 2.75) is 13.5 Å². The molecule has 0 radical (unpaired) electrons. The van der Waals surface area contributed by atoms with Crippen LogP contribution >= 0.6 is 0 Å². The molecule has 0 saturated heterocycles. The van der Waals surface area contributed by atoms with Crippen molar-refractivity contribution in [3.63, 3.8) is 0 Å². The lowest BCUT2D eigenvalue weighted by Crippen LogP contribution is -2.16. The van der Waals surface area contributed by atoms with Gasteiger partial charge < -0.3 is 10.1 Å². The van der Waals surface area contributed by atoms with E-state index in [9.17, 15) is 4.79 Å². The summed E-state index contributed by atoms with van der Waals surface area (Å²) >= 11 is 0. The summed E-state index contributed by atoms with van der Waals surface area (Å²) in [5.41, 5.74) is 4.01. The van der Waals surface area contributed by atoms with Crippen LogP contribution in [0.15, 0.2) is 23.9 Å². The van der Waals surface area contributed by atoms with Crippen molar-refractivity contribution in [3.05, 3.63) is 40.6 Å². The fraction of sp³-hybridized carbons (Fsp3) is 0.250. The van der Waals surface area contributed by atoms with Crippen LogP contribution < -0.4 is 5.32 Å². The van der Waals surface area contributed by atoms with Crippen LogP contribution in [0.3, 0.4) is 0 Å². The number of benzene rings is 1. The molecule has 1 heterocycles. The lowest BCUT2D eigenvalue weighted by molar-refractivity contribution is 0.0600. The molecule has 0 bridgehead atoms. The summed E-state index contributed by atoms with van der Waals surface area (Å²) < 4.78 is 4.68. The van der Waals surface area contributed by atoms with Gasteiger partial charge in [0.15, 0.2) is 0 Å². The number of hydrogen-bond acceptors (Lipinski definition) is 3. The van der Waals surface area contributed by atoms with E-state index in [1.54, 1.807) is 6.07 Å². The Morgan fingerprint density at radius 2 is 2.27 bits per heavy atom. The molecule has 1 aliphatic rings. The third-order valence-corrected chi connectivity index (χ3v) is 2.50. The SMILES string of the molecule is COC(=O)c1ccc2c(c1)C=C(C)NC2. The van der Waals surface area contributed by atoms with Crippen LogP contribution in [0.4, 0.5) is 0 Å². The van der Waals surface area contributed by atoms with Crippen LogP contribution in [0.2, 0.25) is 0 Å². The highest BCUT2D eigenvalue weighted by molar-refractivity contribution is 5.90. The molecule has 78 valence electrons. The van der Waals surface area contributed by atoms with Crippen molar-refractivity contribution >= 4 is 12.0 Å². The van der Waals surface area contributed by atoms with Crippen molar-refractivity contribution < 1.29 is 9.53 Å². The zero-order valence-corrected chi connectivity index (χ0v) is 8.83. The molecule has 0 unspecified atom stereocenters. The molecule has 0 aliphatic carbocycles. The summed E-state index contributed by atoms with van der Waals surface area (Å²) in [6.07, 6.45) is 2.03. The number of rotatable bonds is 1. The van der Waals surface area contributed by atoms with Crippen molar-refractivity contribution in [1.82, 2.24) is 5.32 Å². The molecule has 3 nitrogen and oxygen atoms in total. The predicted molar refractivity (Wildman–Crippen MR) is 58.3 cm³/mol. The van der Waals surface area contributed by atoms with Gasteiger partial charge in [-0.05, 0) is 36.3 Å². The van der Waals surface area contributed by atoms with Crippen molar-refractivity contribution in [1.29, 1.82) is 0 Å². The van der Waals surface area contributed by atoms with E-state index in [4.69, 9.17) is 0 Å². The number of methoxy groups -OCH3 is 1. The largest absolute Gasteiger partial charge is 0.465 e. The van der Waals surface area contributed by atoms with Crippen molar-refractivity contribution in [3.8, 4) is 0 Å². The molecule has 0 amide bonds. The van der Waals surface area contributed by atoms with Crippen LogP contribution in [0, 0.1) is 0 Å². The maximum atomic E-state index is 11.3. The Morgan fingerprint density at radius 1 is 1.47 bits per heavy atom. The summed E-state index contributed by atoms with van der Waals surface area (Å²) in [7, 11) is 1.39. The van der Waals surface area contributed by atoms with Gasteiger partial charge in [0.05, 0.1) is 12.7 Å². The highest BCUT2D eigenvalue weighted by Crippen LogP contribution is 2.19. The molecular weight excluding hydrogens is 190 g/mol. The second-order valence-electron chi connectivity index (χ2n) is 3.59. The van der Waals surface area contributed by atoms with Gasteiger partial charge in [0.25, 0.3) is 0 Å². The van der Waals surface area contributed by atoms with Crippen LogP contribution in [0.25, 0.3) is 6.08 Å². The number of hydrogen-bond donors (Lipinski definition) is 1. The van der Waals surface area contributed by atoms with E-state index in [1.807, 2.05) is 25.1 Å². The third kappa shape index (κ3) is 1.86. The Kier molecular flexibility index (Phi) is 2.46. The number of ether oxygens (including phenoxy) is 1. The summed E-state index contributed by atoms with van der Waals surface area (Å²) in [6, 6.07) is 5.61. The first-order valence-corrected chi connectivity index (χ1v) is 4.84. The number of carbonyl (C=O) groups excluding carboxylic acids is 1. The third-order valence-electron chi connectivity index (χ3n) is 2.50. The van der Waals surface area contributed by atoms with Gasteiger partial charge in [0.1, 0.15) is 0 Å². The van der Waals surface area contributed by atoms with Crippen molar-refractivity contribution in [2.24, 2.45) is 0 Å². The van der Waals surface area contributed by atoms with Gasteiger partial charge in [0.2, 0.25) is 0 Å². The second kappa shape index (κ2) is 3.77. The fourth-order valence-electron chi connectivity index (χ4n) is 1.65. The van der Waals surface area contributed by atoms with E-state index in [0.29, 0.717) is 5.56 Å². The molecule has 0 atom stereocenters. The average molecular weight is 203 g/mol. The van der Waals surface area contributed by atoms with Crippen molar-refractivity contribution in [2.75, 3.05) is 7.11 Å². The lowest BCUT2D eigenvalue weighted by Gasteiger charge is -2.16. The molecule has 15 heavy (non-hydrogen) atoms. The van der Waals surface area contributed by atoms with E-state index in [1.165, 1.54) is 12.7 Å². The zero-order valence-electron chi connectivity index (χ0n) is 8.83. The minimum absolute atomic E-state index is 0.289. The molecular formula is C12H13NO2. The van der Waals surface area contributed by atoms with Gasteiger partial charge in [0, 0.05) is 12.2 Å². The maximum Gasteiger partial charge on any atom is 0.337 e. The molecule has 0 aromatic heterocycles. The Balaban J connectivity index is 2.42. The number of allylic oxidation sites excluding steroid dienone is 1. The minimum atomic E-state index is -0.289. The molecule has 1 aromatic carbocycles. The van der Waals surface area contributed by atoms with Gasteiger partial charge in [-0.15, -0.1) is 0 Å². The molecule has 1 aromatic rings. The van der Waals surface area contributed by atoms with Gasteiger partial charge in [-0.25, -0.2) is 4.79 Å². The fourth-order valence-corrected chi connectivity index (χ4v) is 1.65. The topological polar surface area (TPSA) is 38.3 Å². The smallest absolute Gasteiger partial charge is 0.337 e. The molecule has 2 rings (SSSR count). The highest BCUT2D eigenvalue weighted by Gasteiger charge is 2.11. The standard InChI is InChI=1S/C12H13NO2/c1-8-5-11-6-9(12(14)15-2)3-4-10(11)7-13-8/h3-6,13H,7H2,1-2H3. The molecule has 0 fully saturated rings. The normalized spacial score (nSPS) is 13.6. The average Bonchev–Trinajstić information content (AvgIpc) is 2.27. The maximum absolute atomic E-state index is 11.3. The van der Waals surface area contributed by atoms with Gasteiger partial charge in [-0.2, -0.15) is 0 Å². The summed E-state index contributed by atoms with van der Waals surface area (Å²) in [5.74, 6) is -0.289. The van der Waals surface area contributed by atoms with E-state index >= 15 is 0 Å². The van der Waals surface area contributed by atoms with Gasteiger partial charge >= 0.3 is 5.97 Å². The van der Waals surface area contributed by atoms with E-state index < -0.39 is 0 Å². The first-order chi connectivity index (χ1) is 7.20. The molecule has 1 aliphatic heterocycles. The minimum Gasteiger partial charge on any atom is -0.465 e. The van der Waals surface area contributed by atoms with Crippen LogP contribution in [-0.4, -0.2) is 13.1 Å². The zero-order chi connectivity index (χ0) is 10.8. The quantitative estimate of drug-likeness (QED) is 0.709. The predicted octanol–water partition coefficient (Wildman–Crippen LogP) is 1.94. The lowest BCUT2D eigenvalue weighted by atomic mass is 10.0. The van der Waals surface area contributed by atoms with Crippen LogP contribution in [-0.2, 0) is 11.3 Å². The molecule has 3 heteroatoms. The van der Waals surface area contributed by atoms with Gasteiger partial charge in [-0.3, -0.25) is 0 Å². The number of esters is 1. The monoisotopic (exact) mass is 203 g/mol. The molecule has 1 N–H and O–H groups in total. The Morgan fingerprint density at radius 3 is 3.00 bits per heavy atom. The number of carbonyl (C=O) groups is 1. The summed E-state index contributed by atoms with van der Waals surface area (Å²) in [4.78, 5) is 11.3. The van der Waals surface area contributed by atoms with Crippen LogP contribution in [0.1, 0.15) is 28.4 Å². The number of fused-ring (bicyclic) bond motifs is 1. The highest BCUT2D eigenvalue weighted by atomic mass is 16.5. The van der Waals surface area contributed by atoms with E-state index in [-0.39, 0.29) is 5.97 Å². The Bertz CT molecular complexity index is 435. The van der Waals surface area contributed by atoms with Crippen LogP contribution in [0.5, 0.6) is 0 Å². The first-order valence-electron chi connectivity index (χ1n) is 4.84. The summed E-state index contributed by atoms with van der Waals surface area (Å²) in [5, 5.41) is 3.25. The summed E-state index contributed by atoms with van der Waals surface area (Å²) in [6.45, 7) is 2.83. The molecule has 0 saturated carbocycles.